The molecule has 3 nitrogen and oxygen atoms in total. The van der Waals surface area contributed by atoms with Crippen molar-refractivity contribution in [1.29, 1.82) is 0 Å². The Morgan fingerprint density at radius 3 is 2.59 bits per heavy atom. The van der Waals surface area contributed by atoms with Gasteiger partial charge in [-0.15, -0.1) is 0 Å². The quantitative estimate of drug-likeness (QED) is 0.745. The highest BCUT2D eigenvalue weighted by Crippen LogP contribution is 2.09. The summed E-state index contributed by atoms with van der Waals surface area (Å²) in [5, 5.41) is 8.99. The highest BCUT2D eigenvalue weighted by Gasteiger charge is 2.18. The first-order valence-corrected chi connectivity index (χ1v) is 5.72. The van der Waals surface area contributed by atoms with Gasteiger partial charge in [-0.1, -0.05) is 25.5 Å². The number of unbranched alkanes of at least 4 members (excludes halogenated alkanes) is 1. The zero-order valence-electron chi connectivity index (χ0n) is 9.86. The van der Waals surface area contributed by atoms with Gasteiger partial charge in [0.15, 0.2) is 6.10 Å². The SMILES string of the molecule is CCCCO[C@H](Cc1ccc(F)cc1)C(=O)O. The summed E-state index contributed by atoms with van der Waals surface area (Å²) in [4.78, 5) is 11.0. The number of benzene rings is 1. The minimum Gasteiger partial charge on any atom is -0.479 e. The van der Waals surface area contributed by atoms with E-state index in [2.05, 4.69) is 0 Å². The summed E-state index contributed by atoms with van der Waals surface area (Å²) >= 11 is 0. The van der Waals surface area contributed by atoms with Gasteiger partial charge < -0.3 is 9.84 Å². The van der Waals surface area contributed by atoms with Crippen LogP contribution in [-0.4, -0.2) is 23.8 Å². The zero-order valence-corrected chi connectivity index (χ0v) is 9.86. The molecule has 0 saturated heterocycles. The van der Waals surface area contributed by atoms with Crippen molar-refractivity contribution in [2.75, 3.05) is 6.61 Å². The third-order valence-corrected chi connectivity index (χ3v) is 2.43. The maximum Gasteiger partial charge on any atom is 0.333 e. The van der Waals surface area contributed by atoms with Crippen molar-refractivity contribution in [3.8, 4) is 0 Å². The van der Waals surface area contributed by atoms with E-state index in [1.807, 2.05) is 6.92 Å². The van der Waals surface area contributed by atoms with Crippen molar-refractivity contribution in [3.05, 3.63) is 35.6 Å². The molecular weight excluding hydrogens is 223 g/mol. The van der Waals surface area contributed by atoms with Crippen LogP contribution in [0.2, 0.25) is 0 Å². The van der Waals surface area contributed by atoms with Crippen LogP contribution in [0.15, 0.2) is 24.3 Å². The van der Waals surface area contributed by atoms with Gasteiger partial charge in [0.2, 0.25) is 0 Å². The van der Waals surface area contributed by atoms with Crippen LogP contribution < -0.4 is 0 Å². The normalized spacial score (nSPS) is 12.4. The van der Waals surface area contributed by atoms with Crippen LogP contribution >= 0.6 is 0 Å². The van der Waals surface area contributed by atoms with Crippen molar-refractivity contribution >= 4 is 5.97 Å². The number of carboxylic acids is 1. The van der Waals surface area contributed by atoms with E-state index in [9.17, 15) is 9.18 Å². The number of rotatable bonds is 7. The number of hydrogen-bond donors (Lipinski definition) is 1. The van der Waals surface area contributed by atoms with Gasteiger partial charge >= 0.3 is 5.97 Å². The van der Waals surface area contributed by atoms with Crippen molar-refractivity contribution in [2.45, 2.75) is 32.3 Å². The molecule has 0 amide bonds. The van der Waals surface area contributed by atoms with Gasteiger partial charge in [0.25, 0.3) is 0 Å². The molecule has 0 aliphatic rings. The second-order valence-electron chi connectivity index (χ2n) is 3.88. The molecule has 4 heteroatoms. The molecular formula is C13H17FO3. The van der Waals surface area contributed by atoms with E-state index in [0.717, 1.165) is 18.4 Å². The highest BCUT2D eigenvalue weighted by molar-refractivity contribution is 5.72. The van der Waals surface area contributed by atoms with Gasteiger partial charge in [0.05, 0.1) is 0 Å². The monoisotopic (exact) mass is 240 g/mol. The lowest BCUT2D eigenvalue weighted by molar-refractivity contribution is -0.150. The standard InChI is InChI=1S/C13H17FO3/c1-2-3-8-17-12(13(15)16)9-10-4-6-11(14)7-5-10/h4-7,12H,2-3,8-9H2,1H3,(H,15,16)/t12-/m1/s1. The van der Waals surface area contributed by atoms with Crippen LogP contribution in [-0.2, 0) is 16.0 Å². The molecule has 1 aromatic rings. The molecule has 0 unspecified atom stereocenters. The smallest absolute Gasteiger partial charge is 0.333 e. The summed E-state index contributed by atoms with van der Waals surface area (Å²) in [6, 6.07) is 5.80. The first kappa shape index (κ1) is 13.6. The minimum absolute atomic E-state index is 0.263. The molecule has 1 N–H and O–H groups in total. The molecule has 1 atom stereocenters. The fraction of sp³-hybridized carbons (Fsp3) is 0.462. The molecule has 0 aliphatic carbocycles. The zero-order chi connectivity index (χ0) is 12.7. The summed E-state index contributed by atoms with van der Waals surface area (Å²) in [5.41, 5.74) is 0.760. The van der Waals surface area contributed by atoms with Crippen LogP contribution in [0.25, 0.3) is 0 Å². The average molecular weight is 240 g/mol. The van der Waals surface area contributed by atoms with Crippen LogP contribution in [0.4, 0.5) is 4.39 Å². The fourth-order valence-electron chi connectivity index (χ4n) is 1.42. The molecule has 0 bridgehead atoms. The molecule has 1 rings (SSSR count). The summed E-state index contributed by atoms with van der Waals surface area (Å²) < 4.78 is 18.0. The number of ether oxygens (including phenoxy) is 1. The molecule has 17 heavy (non-hydrogen) atoms. The summed E-state index contributed by atoms with van der Waals surface area (Å²) in [7, 11) is 0. The van der Waals surface area contributed by atoms with Crippen molar-refractivity contribution < 1.29 is 19.0 Å². The Bertz CT molecular complexity index is 348. The number of carbonyl (C=O) groups is 1. The third-order valence-electron chi connectivity index (χ3n) is 2.43. The summed E-state index contributed by atoms with van der Waals surface area (Å²) in [6.07, 6.45) is 1.21. The molecule has 1 aromatic carbocycles. The molecule has 0 aliphatic heterocycles. The van der Waals surface area contributed by atoms with Crippen molar-refractivity contribution in [2.24, 2.45) is 0 Å². The number of aliphatic carboxylic acids is 1. The first-order chi connectivity index (χ1) is 8.13. The Morgan fingerprint density at radius 2 is 2.06 bits per heavy atom. The average Bonchev–Trinajstić information content (AvgIpc) is 2.30. The second kappa shape index (κ2) is 7.01. The van der Waals surface area contributed by atoms with E-state index in [4.69, 9.17) is 9.84 Å². The number of carboxylic acid groups (broad SMARTS) is 1. The lowest BCUT2D eigenvalue weighted by atomic mass is 10.1. The molecule has 94 valence electrons. The predicted molar refractivity (Wildman–Crippen MR) is 62.4 cm³/mol. The molecule has 0 fully saturated rings. The lowest BCUT2D eigenvalue weighted by Gasteiger charge is -2.13. The molecule has 0 radical (unpaired) electrons. The largest absolute Gasteiger partial charge is 0.479 e. The fourth-order valence-corrected chi connectivity index (χ4v) is 1.42. The molecule has 0 saturated carbocycles. The van der Waals surface area contributed by atoms with Crippen LogP contribution in [0.1, 0.15) is 25.3 Å². The Kier molecular flexibility index (Phi) is 5.63. The van der Waals surface area contributed by atoms with Gasteiger partial charge in [-0.2, -0.15) is 0 Å². The minimum atomic E-state index is -0.981. The summed E-state index contributed by atoms with van der Waals surface area (Å²) in [6.45, 7) is 2.45. The molecule has 0 aromatic heterocycles. The lowest BCUT2D eigenvalue weighted by Crippen LogP contribution is -2.26. The van der Waals surface area contributed by atoms with Gasteiger partial charge in [-0.25, -0.2) is 9.18 Å². The van der Waals surface area contributed by atoms with E-state index in [1.54, 1.807) is 12.1 Å². The Morgan fingerprint density at radius 1 is 1.41 bits per heavy atom. The summed E-state index contributed by atoms with van der Waals surface area (Å²) in [5.74, 6) is -1.31. The topological polar surface area (TPSA) is 46.5 Å². The Hall–Kier alpha value is -1.42. The van der Waals surface area contributed by atoms with Gasteiger partial charge in [0, 0.05) is 13.0 Å². The molecule has 0 spiro atoms. The maximum absolute atomic E-state index is 12.7. The van der Waals surface area contributed by atoms with E-state index in [1.165, 1.54) is 12.1 Å². The highest BCUT2D eigenvalue weighted by atomic mass is 19.1. The second-order valence-corrected chi connectivity index (χ2v) is 3.88. The van der Waals surface area contributed by atoms with E-state index >= 15 is 0 Å². The van der Waals surface area contributed by atoms with E-state index < -0.39 is 12.1 Å². The molecule has 0 heterocycles. The third kappa shape index (κ3) is 4.95. The van der Waals surface area contributed by atoms with Crippen LogP contribution in [0, 0.1) is 5.82 Å². The Balaban J connectivity index is 2.54. The predicted octanol–water partition coefficient (Wildman–Crippen LogP) is 2.64. The van der Waals surface area contributed by atoms with Gasteiger partial charge in [-0.3, -0.25) is 0 Å². The van der Waals surface area contributed by atoms with Crippen molar-refractivity contribution in [3.63, 3.8) is 0 Å². The van der Waals surface area contributed by atoms with Crippen LogP contribution in [0.3, 0.4) is 0 Å². The maximum atomic E-state index is 12.7. The van der Waals surface area contributed by atoms with E-state index in [-0.39, 0.29) is 12.2 Å². The number of hydrogen-bond acceptors (Lipinski definition) is 2. The number of halogens is 1. The van der Waals surface area contributed by atoms with E-state index in [0.29, 0.717) is 6.61 Å². The van der Waals surface area contributed by atoms with Crippen LogP contribution in [0.5, 0.6) is 0 Å². The van der Waals surface area contributed by atoms with Gasteiger partial charge in [-0.05, 0) is 24.1 Å². The first-order valence-electron chi connectivity index (χ1n) is 5.72. The van der Waals surface area contributed by atoms with Crippen molar-refractivity contribution in [1.82, 2.24) is 0 Å². The Labute approximate surface area is 100 Å². The van der Waals surface area contributed by atoms with Gasteiger partial charge in [0.1, 0.15) is 5.82 Å².